The molecule has 1 aromatic carbocycles. The van der Waals surface area contributed by atoms with Gasteiger partial charge in [0.2, 0.25) is 0 Å². The molecule has 4 nitrogen and oxygen atoms in total. The van der Waals surface area contributed by atoms with Crippen molar-refractivity contribution < 1.29 is 8.78 Å². The molecule has 2 heterocycles. The third-order valence-corrected chi connectivity index (χ3v) is 4.95. The predicted octanol–water partition coefficient (Wildman–Crippen LogP) is 4.34. The highest BCUT2D eigenvalue weighted by Gasteiger charge is 2.20. The number of benzene rings is 1. The van der Waals surface area contributed by atoms with Crippen LogP contribution in [0.4, 0.5) is 8.78 Å². The molecule has 0 spiro atoms. The topological polar surface area (TPSA) is 56.7 Å². The van der Waals surface area contributed by atoms with Crippen molar-refractivity contribution in [3.05, 3.63) is 71.4 Å². The Morgan fingerprint density at radius 2 is 1.88 bits per heavy atom. The summed E-state index contributed by atoms with van der Waals surface area (Å²) < 4.78 is 29.2. The molecule has 3 rings (SSSR count). The Kier molecular flexibility index (Phi) is 5.68. The minimum atomic E-state index is -0.603. The fraction of sp³-hybridized carbons (Fsp3) is 0.263. The van der Waals surface area contributed by atoms with Gasteiger partial charge in [-0.25, -0.2) is 13.8 Å². The second-order valence-electron chi connectivity index (χ2n) is 6.19. The fourth-order valence-electron chi connectivity index (χ4n) is 2.66. The Labute approximate surface area is 155 Å². The molecule has 2 aromatic heterocycles. The van der Waals surface area contributed by atoms with Crippen molar-refractivity contribution in [1.29, 1.82) is 0 Å². The van der Waals surface area contributed by atoms with E-state index in [9.17, 15) is 8.78 Å². The lowest BCUT2D eigenvalue weighted by molar-refractivity contribution is 0.577. The molecule has 0 aliphatic carbocycles. The highest BCUT2D eigenvalue weighted by molar-refractivity contribution is 7.99. The van der Waals surface area contributed by atoms with Gasteiger partial charge in [-0.1, -0.05) is 31.7 Å². The van der Waals surface area contributed by atoms with E-state index in [4.69, 9.17) is 5.73 Å². The van der Waals surface area contributed by atoms with Gasteiger partial charge in [0, 0.05) is 17.2 Å². The fourth-order valence-corrected chi connectivity index (χ4v) is 3.89. The highest BCUT2D eigenvalue weighted by Crippen LogP contribution is 2.35. The maximum Gasteiger partial charge on any atom is 0.127 e. The summed E-state index contributed by atoms with van der Waals surface area (Å²) in [6.07, 6.45) is 1.73. The van der Waals surface area contributed by atoms with Crippen molar-refractivity contribution in [1.82, 2.24) is 14.5 Å². The van der Waals surface area contributed by atoms with Gasteiger partial charge in [-0.2, -0.15) is 0 Å². The molecule has 136 valence electrons. The molecule has 26 heavy (non-hydrogen) atoms. The minimum Gasteiger partial charge on any atom is -0.324 e. The molecule has 0 atom stereocenters. The van der Waals surface area contributed by atoms with Crippen LogP contribution in [0.15, 0.2) is 52.5 Å². The molecular weight excluding hydrogens is 354 g/mol. The van der Waals surface area contributed by atoms with Crippen LogP contribution in [0.5, 0.6) is 0 Å². The number of halogens is 2. The van der Waals surface area contributed by atoms with Crippen LogP contribution in [0.1, 0.15) is 37.0 Å². The van der Waals surface area contributed by atoms with Crippen molar-refractivity contribution in [2.45, 2.75) is 42.8 Å². The van der Waals surface area contributed by atoms with E-state index < -0.39 is 11.6 Å². The summed E-state index contributed by atoms with van der Waals surface area (Å²) in [5.41, 5.74) is 7.62. The van der Waals surface area contributed by atoms with Gasteiger partial charge >= 0.3 is 0 Å². The largest absolute Gasteiger partial charge is 0.324 e. The first-order valence-corrected chi connectivity index (χ1v) is 9.12. The van der Waals surface area contributed by atoms with Gasteiger partial charge in [0.05, 0.1) is 24.5 Å². The lowest BCUT2D eigenvalue weighted by atomic mass is 10.1. The zero-order chi connectivity index (χ0) is 18.7. The molecule has 0 saturated carbocycles. The summed E-state index contributed by atoms with van der Waals surface area (Å²) in [6.45, 7) is 4.83. The first-order valence-electron chi connectivity index (χ1n) is 8.31. The van der Waals surface area contributed by atoms with E-state index in [2.05, 4.69) is 9.97 Å². The van der Waals surface area contributed by atoms with Gasteiger partial charge in [-0.3, -0.25) is 4.98 Å². The number of rotatable bonds is 6. The van der Waals surface area contributed by atoms with E-state index in [-0.39, 0.29) is 12.5 Å². The molecule has 2 N–H and O–H groups in total. The van der Waals surface area contributed by atoms with Crippen LogP contribution >= 0.6 is 11.8 Å². The van der Waals surface area contributed by atoms with Crippen LogP contribution in [0, 0.1) is 11.6 Å². The molecule has 0 saturated heterocycles. The Morgan fingerprint density at radius 1 is 1.15 bits per heavy atom. The Balaban J connectivity index is 2.07. The first-order chi connectivity index (χ1) is 12.5. The number of nitrogens with zero attached hydrogens (tertiary/aromatic N) is 3. The first kappa shape index (κ1) is 18.5. The van der Waals surface area contributed by atoms with Gasteiger partial charge in [0.25, 0.3) is 0 Å². The molecule has 0 aliphatic rings. The second kappa shape index (κ2) is 7.97. The second-order valence-corrected chi connectivity index (χ2v) is 7.25. The molecule has 0 radical (unpaired) electrons. The zero-order valence-corrected chi connectivity index (χ0v) is 15.4. The molecule has 7 heteroatoms. The van der Waals surface area contributed by atoms with Gasteiger partial charge in [-0.15, -0.1) is 0 Å². The number of aromatic nitrogens is 3. The average molecular weight is 374 g/mol. The number of nitrogens with two attached hydrogens (primary N) is 1. The van der Waals surface area contributed by atoms with E-state index in [1.165, 1.54) is 23.9 Å². The van der Waals surface area contributed by atoms with Gasteiger partial charge in [0.1, 0.15) is 22.5 Å². The third kappa shape index (κ3) is 4.11. The Morgan fingerprint density at radius 3 is 2.46 bits per heavy atom. The lowest BCUT2D eigenvalue weighted by Crippen LogP contribution is -2.11. The van der Waals surface area contributed by atoms with Crippen LogP contribution in [-0.2, 0) is 13.1 Å². The zero-order valence-electron chi connectivity index (χ0n) is 14.6. The van der Waals surface area contributed by atoms with Crippen LogP contribution in [0.25, 0.3) is 0 Å². The van der Waals surface area contributed by atoms with Crippen molar-refractivity contribution in [3.63, 3.8) is 0 Å². The SMILES string of the molecule is CC(C)c1nc(CN)n(Cc2ccccn2)c1Sc1cc(F)cc(F)c1. The van der Waals surface area contributed by atoms with E-state index in [1.54, 1.807) is 6.20 Å². The summed E-state index contributed by atoms with van der Waals surface area (Å²) in [5.74, 6) is -0.341. The maximum absolute atomic E-state index is 13.6. The minimum absolute atomic E-state index is 0.145. The molecule has 0 amide bonds. The van der Waals surface area contributed by atoms with Gasteiger partial charge in [0.15, 0.2) is 0 Å². The van der Waals surface area contributed by atoms with Crippen molar-refractivity contribution in [2.75, 3.05) is 0 Å². The maximum atomic E-state index is 13.6. The highest BCUT2D eigenvalue weighted by atomic mass is 32.2. The van der Waals surface area contributed by atoms with Crippen LogP contribution in [0.3, 0.4) is 0 Å². The number of pyridine rings is 1. The molecule has 3 aromatic rings. The Bertz CT molecular complexity index is 874. The van der Waals surface area contributed by atoms with Crippen LogP contribution < -0.4 is 5.73 Å². The number of hydrogen-bond donors (Lipinski definition) is 1. The normalized spacial score (nSPS) is 11.3. The van der Waals surface area contributed by atoms with Crippen molar-refractivity contribution >= 4 is 11.8 Å². The molecule has 0 aliphatic heterocycles. The van der Waals surface area contributed by atoms with E-state index in [0.29, 0.717) is 11.4 Å². The summed E-state index contributed by atoms with van der Waals surface area (Å²) >= 11 is 1.29. The Hall–Kier alpha value is -2.25. The van der Waals surface area contributed by atoms with Crippen LogP contribution in [0.2, 0.25) is 0 Å². The summed E-state index contributed by atoms with van der Waals surface area (Å²) in [5, 5.41) is 0.830. The van der Waals surface area contributed by atoms with E-state index in [0.717, 1.165) is 28.3 Å². The smallest absolute Gasteiger partial charge is 0.127 e. The van der Waals surface area contributed by atoms with Crippen molar-refractivity contribution in [2.24, 2.45) is 5.73 Å². The third-order valence-electron chi connectivity index (χ3n) is 3.85. The van der Waals surface area contributed by atoms with Crippen molar-refractivity contribution in [3.8, 4) is 0 Å². The predicted molar refractivity (Wildman–Crippen MR) is 98.0 cm³/mol. The molecular formula is C19H20F2N4S. The number of imidazole rings is 1. The molecule has 0 bridgehead atoms. The lowest BCUT2D eigenvalue weighted by Gasteiger charge is -2.13. The van der Waals surface area contributed by atoms with Gasteiger partial charge < -0.3 is 10.3 Å². The summed E-state index contributed by atoms with van der Waals surface area (Å²) in [6, 6.07) is 9.19. The standard InChI is InChI=1S/C19H20F2N4S/c1-12(2)18-19(26-16-8-13(20)7-14(21)9-16)25(17(10-22)24-18)11-15-5-3-4-6-23-15/h3-9,12H,10-11,22H2,1-2H3. The monoisotopic (exact) mass is 374 g/mol. The molecule has 0 fully saturated rings. The number of hydrogen-bond acceptors (Lipinski definition) is 4. The summed E-state index contributed by atoms with van der Waals surface area (Å²) in [4.78, 5) is 9.51. The molecule has 0 unspecified atom stereocenters. The van der Waals surface area contributed by atoms with E-state index >= 15 is 0 Å². The van der Waals surface area contributed by atoms with Crippen LogP contribution in [-0.4, -0.2) is 14.5 Å². The summed E-state index contributed by atoms with van der Waals surface area (Å²) in [7, 11) is 0. The van der Waals surface area contributed by atoms with Gasteiger partial charge in [-0.05, 0) is 30.2 Å². The average Bonchev–Trinajstić information content (AvgIpc) is 2.93. The van der Waals surface area contributed by atoms with E-state index in [1.807, 2.05) is 36.6 Å². The quantitative estimate of drug-likeness (QED) is 0.697.